The van der Waals surface area contributed by atoms with Crippen LogP contribution in [0.1, 0.15) is 5.56 Å². The van der Waals surface area contributed by atoms with Gasteiger partial charge in [-0.25, -0.2) is 8.42 Å². The summed E-state index contributed by atoms with van der Waals surface area (Å²) in [4.78, 5) is 2.56. The summed E-state index contributed by atoms with van der Waals surface area (Å²) in [6.07, 6.45) is 0. The van der Waals surface area contributed by atoms with Gasteiger partial charge >= 0.3 is 0 Å². The van der Waals surface area contributed by atoms with Gasteiger partial charge in [0.05, 0.1) is 31.3 Å². The third-order valence-corrected chi connectivity index (χ3v) is 6.53. The molecule has 0 saturated carbocycles. The average Bonchev–Trinajstić information content (AvgIpc) is 2.88. The van der Waals surface area contributed by atoms with E-state index in [1.807, 2.05) is 12.1 Å². The van der Waals surface area contributed by atoms with Crippen molar-refractivity contribution in [2.24, 2.45) is 5.92 Å². The van der Waals surface area contributed by atoms with Gasteiger partial charge in [0.15, 0.2) is 0 Å². The second-order valence-electron chi connectivity index (χ2n) is 6.52. The second kappa shape index (κ2) is 8.57. The molecule has 8 heteroatoms. The van der Waals surface area contributed by atoms with E-state index in [2.05, 4.69) is 4.90 Å². The normalized spacial score (nSPS) is 24.1. The summed E-state index contributed by atoms with van der Waals surface area (Å²) in [6, 6.07) is 7.09. The van der Waals surface area contributed by atoms with Gasteiger partial charge in [0, 0.05) is 45.2 Å². The smallest absolute Gasteiger partial charge is 0.243 e. The molecule has 1 aromatic rings. The van der Waals surface area contributed by atoms with Crippen LogP contribution in [-0.4, -0.2) is 81.9 Å². The second-order valence-corrected chi connectivity index (χ2v) is 8.46. The van der Waals surface area contributed by atoms with Crippen molar-refractivity contribution in [1.29, 1.82) is 0 Å². The minimum atomic E-state index is -3.44. The van der Waals surface area contributed by atoms with Crippen LogP contribution in [0.25, 0.3) is 0 Å². The summed E-state index contributed by atoms with van der Waals surface area (Å²) in [5.41, 5.74) is 1.06. The largest absolute Gasteiger partial charge is 0.396 e. The quantitative estimate of drug-likeness (QED) is 0.795. The molecule has 1 N–H and O–H groups in total. The molecule has 7 nitrogen and oxygen atoms in total. The Hall–Kier alpha value is -1.03. The van der Waals surface area contributed by atoms with E-state index < -0.39 is 10.0 Å². The van der Waals surface area contributed by atoms with Crippen LogP contribution in [0.15, 0.2) is 29.2 Å². The highest BCUT2D eigenvalue weighted by Gasteiger charge is 2.26. The lowest BCUT2D eigenvalue weighted by Crippen LogP contribution is -2.40. The fourth-order valence-corrected chi connectivity index (χ4v) is 4.58. The topological polar surface area (TPSA) is 79.3 Å². The maximum atomic E-state index is 12.6. The fraction of sp³-hybridized carbons (Fsp3) is 0.647. The van der Waals surface area contributed by atoms with Crippen LogP contribution < -0.4 is 0 Å². The van der Waals surface area contributed by atoms with E-state index in [9.17, 15) is 13.5 Å². The molecule has 0 aromatic heterocycles. The number of hydrogen-bond donors (Lipinski definition) is 1. The molecule has 0 aliphatic carbocycles. The molecule has 1 atom stereocenters. The highest BCUT2D eigenvalue weighted by atomic mass is 32.2. The van der Waals surface area contributed by atoms with E-state index >= 15 is 0 Å². The number of sulfonamides is 1. The Kier molecular flexibility index (Phi) is 6.43. The molecule has 0 unspecified atom stereocenters. The van der Waals surface area contributed by atoms with Crippen molar-refractivity contribution in [1.82, 2.24) is 9.21 Å². The molecular weight excluding hydrogens is 344 g/mol. The maximum Gasteiger partial charge on any atom is 0.243 e. The SMILES string of the molecule is O=S(=O)(c1ccc(CN2CCOC[C@@H](CO)C2)cc1)N1CCOCC1. The zero-order chi connectivity index (χ0) is 17.7. The van der Waals surface area contributed by atoms with Crippen molar-refractivity contribution in [2.75, 3.05) is 59.2 Å². The predicted molar refractivity (Wildman–Crippen MR) is 92.7 cm³/mol. The zero-order valence-corrected chi connectivity index (χ0v) is 15.2. The molecule has 2 fully saturated rings. The first-order valence-electron chi connectivity index (χ1n) is 8.67. The number of aliphatic hydroxyl groups excluding tert-OH is 1. The number of benzene rings is 1. The van der Waals surface area contributed by atoms with Crippen LogP contribution in [0.2, 0.25) is 0 Å². The molecule has 0 spiro atoms. The van der Waals surface area contributed by atoms with Gasteiger partial charge in [-0.05, 0) is 17.7 Å². The number of aliphatic hydroxyl groups is 1. The van der Waals surface area contributed by atoms with Crippen molar-refractivity contribution >= 4 is 10.0 Å². The molecule has 2 aliphatic heterocycles. The Labute approximate surface area is 149 Å². The summed E-state index contributed by atoms with van der Waals surface area (Å²) in [6.45, 7) is 5.37. The Morgan fingerprint density at radius 1 is 1.04 bits per heavy atom. The minimum Gasteiger partial charge on any atom is -0.396 e. The first kappa shape index (κ1) is 18.8. The van der Waals surface area contributed by atoms with Crippen molar-refractivity contribution < 1.29 is 23.0 Å². The molecule has 0 radical (unpaired) electrons. The molecule has 2 aliphatic rings. The monoisotopic (exact) mass is 370 g/mol. The molecule has 1 aromatic carbocycles. The van der Waals surface area contributed by atoms with E-state index in [0.29, 0.717) is 44.4 Å². The lowest BCUT2D eigenvalue weighted by Gasteiger charge is -2.26. The minimum absolute atomic E-state index is 0.118. The highest BCUT2D eigenvalue weighted by molar-refractivity contribution is 7.89. The van der Waals surface area contributed by atoms with Crippen molar-refractivity contribution in [2.45, 2.75) is 11.4 Å². The third kappa shape index (κ3) is 4.78. The summed E-state index contributed by atoms with van der Waals surface area (Å²) in [7, 11) is -3.44. The van der Waals surface area contributed by atoms with Crippen molar-refractivity contribution in [3.63, 3.8) is 0 Å². The highest BCUT2D eigenvalue weighted by Crippen LogP contribution is 2.19. The van der Waals surface area contributed by atoms with E-state index in [0.717, 1.165) is 25.2 Å². The van der Waals surface area contributed by atoms with Gasteiger partial charge in [0.1, 0.15) is 0 Å². The lowest BCUT2D eigenvalue weighted by atomic mass is 10.1. The third-order valence-electron chi connectivity index (χ3n) is 4.62. The Morgan fingerprint density at radius 3 is 2.40 bits per heavy atom. The Morgan fingerprint density at radius 2 is 1.72 bits per heavy atom. The Bertz CT molecular complexity index is 644. The zero-order valence-electron chi connectivity index (χ0n) is 14.3. The standard InChI is InChI=1S/C17H26N2O5S/c20-13-16-12-18(5-8-24-14-16)11-15-1-3-17(4-2-15)25(21,22)19-6-9-23-10-7-19/h1-4,16,20H,5-14H2/t16-/m1/s1. The molecular formula is C17H26N2O5S. The summed E-state index contributed by atoms with van der Waals surface area (Å²) in [5.74, 6) is 0.128. The van der Waals surface area contributed by atoms with E-state index in [1.165, 1.54) is 4.31 Å². The number of nitrogens with zero attached hydrogens (tertiary/aromatic N) is 2. The van der Waals surface area contributed by atoms with Gasteiger partial charge in [0.2, 0.25) is 10.0 Å². The van der Waals surface area contributed by atoms with Gasteiger partial charge in [-0.15, -0.1) is 0 Å². The van der Waals surface area contributed by atoms with Gasteiger partial charge < -0.3 is 14.6 Å². The molecule has 2 heterocycles. The first-order chi connectivity index (χ1) is 12.1. The molecule has 0 amide bonds. The van der Waals surface area contributed by atoms with Gasteiger partial charge in [-0.1, -0.05) is 12.1 Å². The molecule has 2 saturated heterocycles. The molecule has 0 bridgehead atoms. The van der Waals surface area contributed by atoms with Gasteiger partial charge in [-0.3, -0.25) is 4.90 Å². The van der Waals surface area contributed by atoms with Crippen LogP contribution in [0, 0.1) is 5.92 Å². The van der Waals surface area contributed by atoms with E-state index in [-0.39, 0.29) is 12.5 Å². The predicted octanol–water partition coefficient (Wildman–Crippen LogP) is 0.148. The Balaban J connectivity index is 1.65. The number of rotatable bonds is 5. The average molecular weight is 370 g/mol. The van der Waals surface area contributed by atoms with Gasteiger partial charge in [0.25, 0.3) is 0 Å². The lowest BCUT2D eigenvalue weighted by molar-refractivity contribution is 0.0730. The van der Waals surface area contributed by atoms with Crippen molar-refractivity contribution in [3.05, 3.63) is 29.8 Å². The number of ether oxygens (including phenoxy) is 2. The number of hydrogen-bond acceptors (Lipinski definition) is 6. The van der Waals surface area contributed by atoms with Crippen LogP contribution in [0.5, 0.6) is 0 Å². The molecule has 140 valence electrons. The maximum absolute atomic E-state index is 12.6. The van der Waals surface area contributed by atoms with Crippen LogP contribution in [0.4, 0.5) is 0 Å². The summed E-state index contributed by atoms with van der Waals surface area (Å²) in [5, 5.41) is 9.36. The fourth-order valence-electron chi connectivity index (χ4n) is 3.17. The van der Waals surface area contributed by atoms with Crippen LogP contribution in [-0.2, 0) is 26.0 Å². The van der Waals surface area contributed by atoms with E-state index in [4.69, 9.17) is 9.47 Å². The molecule has 3 rings (SSSR count). The van der Waals surface area contributed by atoms with E-state index in [1.54, 1.807) is 12.1 Å². The first-order valence-corrected chi connectivity index (χ1v) is 10.1. The molecule has 25 heavy (non-hydrogen) atoms. The van der Waals surface area contributed by atoms with Crippen LogP contribution >= 0.6 is 0 Å². The summed E-state index contributed by atoms with van der Waals surface area (Å²) >= 11 is 0. The van der Waals surface area contributed by atoms with Crippen molar-refractivity contribution in [3.8, 4) is 0 Å². The van der Waals surface area contributed by atoms with Gasteiger partial charge in [-0.2, -0.15) is 4.31 Å². The summed E-state index contributed by atoms with van der Waals surface area (Å²) < 4.78 is 37.5. The van der Waals surface area contributed by atoms with Crippen LogP contribution in [0.3, 0.4) is 0 Å². The number of morpholine rings is 1.